The highest BCUT2D eigenvalue weighted by atomic mass is 14.9. The number of aryl methyl sites for hydroxylation is 8. The zero-order chi connectivity index (χ0) is 74.8. The second-order valence-corrected chi connectivity index (χ2v) is 30.4. The van der Waals surface area contributed by atoms with E-state index in [4.69, 9.17) is 0 Å². The van der Waals surface area contributed by atoms with E-state index in [1.54, 1.807) is 0 Å². The van der Waals surface area contributed by atoms with Crippen LogP contribution in [-0.2, 0) is 10.8 Å². The summed E-state index contributed by atoms with van der Waals surface area (Å²) in [4.78, 5) is 4.07. The van der Waals surface area contributed by atoms with Crippen molar-refractivity contribution in [3.8, 4) is 93.3 Å². The minimum Gasteiger partial charge on any atom is -0.361 e. The van der Waals surface area contributed by atoms with E-state index in [9.17, 15) is 5.53 Å². The van der Waals surface area contributed by atoms with Gasteiger partial charge in [-0.25, -0.2) is 0 Å². The van der Waals surface area contributed by atoms with Gasteiger partial charge in [0.1, 0.15) is 0 Å². The summed E-state index contributed by atoms with van der Waals surface area (Å²) in [6.45, 7) is 31.0. The van der Waals surface area contributed by atoms with Crippen LogP contribution in [0.5, 0.6) is 0 Å². The summed E-state index contributed by atoms with van der Waals surface area (Å²) in [5.74, 6) is 42.9. The van der Waals surface area contributed by atoms with Crippen LogP contribution in [0.4, 0.5) is 0 Å². The lowest BCUT2D eigenvalue weighted by Gasteiger charge is -2.24. The summed E-state index contributed by atoms with van der Waals surface area (Å²) >= 11 is 0. The van der Waals surface area contributed by atoms with Crippen molar-refractivity contribution in [2.45, 2.75) is 108 Å². The second-order valence-electron chi connectivity index (χ2n) is 30.4. The molecule has 0 N–H and O–H groups in total. The van der Waals surface area contributed by atoms with Crippen molar-refractivity contribution in [3.05, 3.63) is 382 Å². The highest BCUT2D eigenvalue weighted by Crippen LogP contribution is 2.46. The Morgan fingerprint density at radius 2 is 0.467 bits per heavy atom. The smallest absolute Gasteiger partial charge is 0.329 e. The molecule has 2 heteroatoms. The molecule has 0 heterocycles. The monoisotopic (exact) mass is 1370 g/mol. The minimum atomic E-state index is -0.0293. The van der Waals surface area contributed by atoms with Crippen LogP contribution in [0.2, 0.25) is 0 Å². The molecule has 0 amide bonds. The van der Waals surface area contributed by atoms with Crippen molar-refractivity contribution in [1.29, 1.82) is 0 Å². The third-order valence-electron chi connectivity index (χ3n) is 20.4. The Hall–Kier alpha value is -13.1. The lowest BCUT2D eigenvalue weighted by molar-refractivity contribution is -0.00282. The minimum absolute atomic E-state index is 0.0293. The third-order valence-corrected chi connectivity index (χ3v) is 20.4. The van der Waals surface area contributed by atoms with E-state index in [0.717, 1.165) is 154 Å². The van der Waals surface area contributed by atoms with Gasteiger partial charge in [0, 0.05) is 66.8 Å². The third kappa shape index (κ3) is 14.9. The first-order valence-corrected chi connectivity index (χ1v) is 36.6. The average molecular weight is 1370 g/mol. The molecule has 0 saturated heterocycles. The van der Waals surface area contributed by atoms with Crippen molar-refractivity contribution in [2.75, 3.05) is 0 Å². The first kappa shape index (κ1) is 70.9. The van der Waals surface area contributed by atoms with E-state index in [1.165, 1.54) is 44.5 Å². The number of hydrogen-bond acceptors (Lipinski definition) is 0. The van der Waals surface area contributed by atoms with Gasteiger partial charge in [-0.15, -0.1) is 0 Å². The van der Waals surface area contributed by atoms with Crippen molar-refractivity contribution in [1.82, 2.24) is 0 Å². The van der Waals surface area contributed by atoms with Gasteiger partial charge in [-0.1, -0.05) is 234 Å². The molecule has 0 spiro atoms. The Morgan fingerprint density at radius 1 is 0.234 bits per heavy atom. The number of fused-ring (bicyclic) bond motifs is 4. The predicted octanol–water partition coefficient (Wildman–Crippen LogP) is 24.2. The van der Waals surface area contributed by atoms with Crippen LogP contribution in [-0.4, -0.2) is 10.5 Å². The summed E-state index contributed by atoms with van der Waals surface area (Å²) in [6, 6.07) is 84.7. The summed E-state index contributed by atoms with van der Waals surface area (Å²) < 4.78 is 0. The normalized spacial score (nSPS) is 11.0. The van der Waals surface area contributed by atoms with E-state index in [-0.39, 0.29) is 10.8 Å². The van der Waals surface area contributed by atoms with Gasteiger partial charge >= 0.3 is 5.71 Å². The molecule has 0 radical (unpaired) electrons. The van der Waals surface area contributed by atoms with Crippen molar-refractivity contribution >= 4 is 48.8 Å². The first-order valence-electron chi connectivity index (χ1n) is 36.6. The van der Waals surface area contributed by atoms with E-state index >= 15 is 0 Å². The molecule has 14 aromatic rings. The Morgan fingerprint density at radius 3 is 0.701 bits per heavy atom. The number of hydrogen-bond donors (Lipinski definition) is 0. The van der Waals surface area contributed by atoms with Crippen LogP contribution in [0, 0.1) is 126 Å². The molecule has 512 valence electrons. The molecular weight excluding hydrogens is 1290 g/mol. The fourth-order valence-corrected chi connectivity index (χ4v) is 14.9. The summed E-state index contributed by atoms with van der Waals surface area (Å²) in [5.41, 5.74) is 40.0. The van der Waals surface area contributed by atoms with Gasteiger partial charge in [0.05, 0.1) is 11.1 Å². The summed E-state index contributed by atoms with van der Waals surface area (Å²) in [6.07, 6.45) is 0. The van der Waals surface area contributed by atoms with Gasteiger partial charge in [0.25, 0.3) is 0 Å². The van der Waals surface area contributed by atoms with Crippen LogP contribution >= 0.6 is 0 Å². The molecule has 0 fully saturated rings. The molecule has 0 saturated carbocycles. The standard InChI is InChI=1S/C105H82N2/c1-67-55-83(56-68(2)87(67)51-53-89-95-63-79(39-35-75-27-19-15-20-28-75)43-47-91(95)101(99-71(5)59-85(60-72(99)6)104(9,10)11)92-48-44-80(64-96(89)92)40-36-76-29-21-16-22-30-76)103(107-106)84-57-69(3)88(70(4)58-84)52-54-90-97-65-81(41-37-77-31-23-17-24-32-77)45-49-93(97)102(100-73(7)61-86(62-74(100)8)105(12,13)14)94-50-46-82(66-98(90)94)42-38-78-33-25-18-26-34-78/h15-34,43-50,55-66H,1-14H3. The fraction of sp³-hybridized carbons (Fsp3) is 0.152. The van der Waals surface area contributed by atoms with Crippen molar-refractivity contribution < 1.29 is 4.79 Å². The topological polar surface area (TPSA) is 36.4 Å². The molecule has 0 aliphatic carbocycles. The van der Waals surface area contributed by atoms with Gasteiger partial charge < -0.3 is 5.53 Å². The zero-order valence-corrected chi connectivity index (χ0v) is 63.5. The first-order chi connectivity index (χ1) is 51.5. The number of benzene rings is 14. The van der Waals surface area contributed by atoms with Crippen LogP contribution in [0.15, 0.2) is 243 Å². The lowest BCUT2D eigenvalue weighted by Crippen LogP contribution is -2.12. The molecule has 107 heavy (non-hydrogen) atoms. The molecule has 14 aromatic carbocycles. The van der Waals surface area contributed by atoms with Crippen LogP contribution in [0.3, 0.4) is 0 Å². The molecule has 2 nitrogen and oxygen atoms in total. The van der Waals surface area contributed by atoms with E-state index in [1.807, 2.05) is 121 Å². The van der Waals surface area contributed by atoms with Crippen LogP contribution in [0.1, 0.15) is 175 Å². The Kier molecular flexibility index (Phi) is 19.6. The Bertz CT molecular complexity index is 5750. The largest absolute Gasteiger partial charge is 0.361 e. The quantitative estimate of drug-likeness (QED) is 0.0554. The van der Waals surface area contributed by atoms with Crippen molar-refractivity contribution in [3.63, 3.8) is 0 Å². The van der Waals surface area contributed by atoms with Gasteiger partial charge in [-0.2, -0.15) is 4.79 Å². The van der Waals surface area contributed by atoms with Crippen LogP contribution in [0.25, 0.3) is 70.9 Å². The van der Waals surface area contributed by atoms with E-state index in [0.29, 0.717) is 5.71 Å². The molecule has 0 atom stereocenters. The van der Waals surface area contributed by atoms with E-state index < -0.39 is 0 Å². The molecule has 0 aliphatic heterocycles. The second kappa shape index (κ2) is 29.5. The highest BCUT2D eigenvalue weighted by Gasteiger charge is 2.26. The van der Waals surface area contributed by atoms with Gasteiger partial charge in [-0.3, -0.25) is 0 Å². The van der Waals surface area contributed by atoms with Gasteiger partial charge in [0.2, 0.25) is 0 Å². The fourth-order valence-electron chi connectivity index (χ4n) is 14.9. The Labute approximate surface area is 632 Å². The van der Waals surface area contributed by atoms with E-state index in [2.05, 4.69) is 294 Å². The van der Waals surface area contributed by atoms with Crippen molar-refractivity contribution in [2.24, 2.45) is 0 Å². The van der Waals surface area contributed by atoms with Crippen LogP contribution < -0.4 is 0 Å². The highest BCUT2D eigenvalue weighted by molar-refractivity contribution is 6.19. The van der Waals surface area contributed by atoms with Gasteiger partial charge in [-0.05, 0) is 309 Å². The molecule has 0 aromatic heterocycles. The zero-order valence-electron chi connectivity index (χ0n) is 63.5. The summed E-state index contributed by atoms with van der Waals surface area (Å²) in [7, 11) is 0. The SMILES string of the molecule is Cc1cc(C(=[N+]=[N-])c2cc(C)c(C#Cc3c4cc(C#Cc5ccccc5)ccc4c(-c4c(C)cc(C(C)(C)C)cc4C)c4ccc(C#Cc5ccccc5)cc34)c(C)c2)cc(C)c1C#Cc1c2cc(C#Cc3ccccc3)ccc2c(-c2c(C)cc(C(C)(C)C)cc2C)c2ccc(C#Cc3ccccc3)cc12. The number of rotatable bonds is 4. The molecule has 0 aliphatic rings. The Balaban J connectivity index is 0.896. The predicted molar refractivity (Wildman–Crippen MR) is 450 cm³/mol. The maximum atomic E-state index is 11.2. The molecule has 0 bridgehead atoms. The molecular formula is C105H82N2. The average Bonchev–Trinajstić information content (AvgIpc) is 0.733. The maximum Gasteiger partial charge on any atom is 0.329 e. The molecule has 14 rings (SSSR count). The summed E-state index contributed by atoms with van der Waals surface area (Å²) in [5, 5.41) is 8.41. The molecule has 0 unspecified atom stereocenters. The van der Waals surface area contributed by atoms with Gasteiger partial charge in [0.15, 0.2) is 0 Å². The number of nitrogens with zero attached hydrogens (tertiary/aromatic N) is 2. The lowest BCUT2D eigenvalue weighted by atomic mass is 9.80. The maximum absolute atomic E-state index is 11.2.